The van der Waals surface area contributed by atoms with Gasteiger partial charge in [0.15, 0.2) is 0 Å². The minimum Gasteiger partial charge on any atom is -0.385 e. The van der Waals surface area contributed by atoms with Crippen molar-refractivity contribution in [2.75, 3.05) is 31.1 Å². The van der Waals surface area contributed by atoms with Crippen molar-refractivity contribution in [3.05, 3.63) is 48.5 Å². The van der Waals surface area contributed by atoms with Crippen LogP contribution in [0.3, 0.4) is 0 Å². The van der Waals surface area contributed by atoms with Gasteiger partial charge in [-0.15, -0.1) is 0 Å². The number of aliphatic hydroxyl groups is 1. The fourth-order valence-corrected chi connectivity index (χ4v) is 4.94. The van der Waals surface area contributed by atoms with Gasteiger partial charge in [-0.05, 0) is 43.5 Å². The van der Waals surface area contributed by atoms with Crippen molar-refractivity contribution < 1.29 is 10.0 Å². The molecule has 0 spiro atoms. The highest BCUT2D eigenvalue weighted by molar-refractivity contribution is 7.99. The van der Waals surface area contributed by atoms with Crippen LogP contribution in [0.25, 0.3) is 0 Å². The summed E-state index contributed by atoms with van der Waals surface area (Å²) in [4.78, 5) is 6.40. The van der Waals surface area contributed by atoms with Crippen molar-refractivity contribution in [1.29, 1.82) is 0 Å². The second-order valence-corrected chi connectivity index (χ2v) is 7.90. The van der Waals surface area contributed by atoms with Gasteiger partial charge in [0.05, 0.1) is 31.0 Å². The molecule has 4 rings (SSSR count). The van der Waals surface area contributed by atoms with E-state index in [1.54, 1.807) is 4.90 Å². The normalized spacial score (nSPS) is 18.8. The van der Waals surface area contributed by atoms with E-state index >= 15 is 0 Å². The van der Waals surface area contributed by atoms with E-state index in [-0.39, 0.29) is 6.10 Å². The molecule has 126 valence electrons. The third-order valence-electron chi connectivity index (χ3n) is 5.01. The highest BCUT2D eigenvalue weighted by Gasteiger charge is 2.26. The van der Waals surface area contributed by atoms with E-state index in [1.807, 2.05) is 11.8 Å². The van der Waals surface area contributed by atoms with E-state index in [4.69, 9.17) is 0 Å². The van der Waals surface area contributed by atoms with Gasteiger partial charge in [0, 0.05) is 9.79 Å². The van der Waals surface area contributed by atoms with Gasteiger partial charge in [-0.25, -0.2) is 0 Å². The predicted molar refractivity (Wildman–Crippen MR) is 99.4 cm³/mol. The number of hydrogen-bond donors (Lipinski definition) is 2. The first-order chi connectivity index (χ1) is 11.8. The molecule has 2 N–H and O–H groups in total. The van der Waals surface area contributed by atoms with Gasteiger partial charge >= 0.3 is 0 Å². The maximum Gasteiger partial charge on any atom is 0.121 e. The molecular formula is C20H25N2OS+. The largest absolute Gasteiger partial charge is 0.385 e. The van der Waals surface area contributed by atoms with Crippen molar-refractivity contribution in [3.63, 3.8) is 0 Å². The average Bonchev–Trinajstić information content (AvgIpc) is 2.62. The summed E-state index contributed by atoms with van der Waals surface area (Å²) in [6.45, 7) is 3.94. The summed E-state index contributed by atoms with van der Waals surface area (Å²) in [5.74, 6) is 0. The maximum absolute atomic E-state index is 10.7. The first-order valence-corrected chi connectivity index (χ1v) is 9.78. The number of quaternary nitrogens is 1. The molecule has 2 aliphatic rings. The van der Waals surface area contributed by atoms with Crippen molar-refractivity contribution in [3.8, 4) is 0 Å². The molecule has 24 heavy (non-hydrogen) atoms. The minimum atomic E-state index is -0.303. The fourth-order valence-electron chi connectivity index (χ4n) is 3.84. The Kier molecular flexibility index (Phi) is 4.79. The Hall–Kier alpha value is -1.49. The third kappa shape index (κ3) is 3.32. The Morgan fingerprint density at radius 3 is 2.12 bits per heavy atom. The van der Waals surface area contributed by atoms with Crippen LogP contribution in [-0.4, -0.2) is 37.4 Å². The van der Waals surface area contributed by atoms with Crippen LogP contribution in [0.1, 0.15) is 19.3 Å². The summed E-state index contributed by atoms with van der Waals surface area (Å²) in [5.41, 5.74) is 2.43. The number of nitrogens with zero attached hydrogens (tertiary/aromatic N) is 1. The zero-order valence-corrected chi connectivity index (χ0v) is 14.8. The lowest BCUT2D eigenvalue weighted by Crippen LogP contribution is -3.14. The monoisotopic (exact) mass is 341 g/mol. The second-order valence-electron chi connectivity index (χ2n) is 6.82. The first kappa shape index (κ1) is 16.0. The van der Waals surface area contributed by atoms with Gasteiger partial charge in [-0.1, -0.05) is 36.0 Å². The number of β-amino-alcohol motifs (C(OH)–C–C–N with tert-alkyl or cyclic N) is 1. The summed E-state index contributed by atoms with van der Waals surface area (Å²) in [7, 11) is 0. The molecule has 1 fully saturated rings. The quantitative estimate of drug-likeness (QED) is 0.896. The van der Waals surface area contributed by atoms with Crippen LogP contribution >= 0.6 is 11.8 Å². The fraction of sp³-hybridized carbons (Fsp3) is 0.400. The number of rotatable bonds is 4. The molecule has 1 atom stereocenters. The maximum atomic E-state index is 10.7. The lowest BCUT2D eigenvalue weighted by Gasteiger charge is -2.35. The number of likely N-dealkylation sites (tertiary alicyclic amines) is 1. The number of benzene rings is 2. The molecule has 0 radical (unpaired) electrons. The molecular weight excluding hydrogens is 316 g/mol. The highest BCUT2D eigenvalue weighted by Crippen LogP contribution is 2.47. The zero-order valence-electron chi connectivity index (χ0n) is 13.9. The van der Waals surface area contributed by atoms with Crippen LogP contribution in [0.15, 0.2) is 58.3 Å². The Bertz CT molecular complexity index is 654. The minimum absolute atomic E-state index is 0.303. The molecule has 2 aromatic carbocycles. The van der Waals surface area contributed by atoms with Gasteiger partial charge in [-0.2, -0.15) is 0 Å². The standard InChI is InChI=1S/C20H24N2OS/c23-16(14-21-12-6-1-7-13-21)15-22-17-8-2-4-10-19(17)24-20-11-5-3-9-18(20)22/h2-5,8-11,16,23H,1,6-7,12-15H2/p+1/t16-/m0/s1. The molecule has 4 heteroatoms. The number of fused-ring (bicyclic) bond motifs is 2. The first-order valence-electron chi connectivity index (χ1n) is 8.96. The summed E-state index contributed by atoms with van der Waals surface area (Å²) >= 11 is 1.82. The smallest absolute Gasteiger partial charge is 0.121 e. The van der Waals surface area contributed by atoms with E-state index in [0.29, 0.717) is 6.54 Å². The lowest BCUT2D eigenvalue weighted by atomic mass is 10.1. The summed E-state index contributed by atoms with van der Waals surface area (Å²) in [6.07, 6.45) is 3.65. The van der Waals surface area contributed by atoms with E-state index in [9.17, 15) is 5.11 Å². The topological polar surface area (TPSA) is 27.9 Å². The predicted octanol–water partition coefficient (Wildman–Crippen LogP) is 2.72. The molecule has 3 nitrogen and oxygen atoms in total. The molecule has 2 aliphatic heterocycles. The van der Waals surface area contributed by atoms with E-state index < -0.39 is 0 Å². The summed E-state index contributed by atoms with van der Waals surface area (Å²) < 4.78 is 0. The number of anilines is 2. The number of hydrogen-bond acceptors (Lipinski definition) is 3. The van der Waals surface area contributed by atoms with Gasteiger partial charge in [0.25, 0.3) is 0 Å². The Morgan fingerprint density at radius 2 is 1.50 bits per heavy atom. The molecule has 0 bridgehead atoms. The number of aliphatic hydroxyl groups excluding tert-OH is 1. The Balaban J connectivity index is 1.55. The summed E-state index contributed by atoms with van der Waals surface area (Å²) in [5, 5.41) is 10.7. The molecule has 0 saturated carbocycles. The number of para-hydroxylation sites is 2. The van der Waals surface area contributed by atoms with E-state index in [2.05, 4.69) is 53.4 Å². The Morgan fingerprint density at radius 1 is 0.917 bits per heavy atom. The van der Waals surface area contributed by atoms with Gasteiger partial charge in [-0.3, -0.25) is 0 Å². The SMILES string of the molecule is O[C@H](CN1c2ccccc2Sc2ccccc21)C[NH+]1CCCCC1. The van der Waals surface area contributed by atoms with Crippen molar-refractivity contribution in [2.24, 2.45) is 0 Å². The van der Waals surface area contributed by atoms with E-state index in [1.165, 1.54) is 53.5 Å². The van der Waals surface area contributed by atoms with Crippen LogP contribution in [-0.2, 0) is 0 Å². The molecule has 0 unspecified atom stereocenters. The third-order valence-corrected chi connectivity index (χ3v) is 6.14. The van der Waals surface area contributed by atoms with Crippen molar-refractivity contribution >= 4 is 23.1 Å². The van der Waals surface area contributed by atoms with Crippen LogP contribution in [0.5, 0.6) is 0 Å². The Labute approximate surface area is 148 Å². The molecule has 2 aromatic rings. The van der Waals surface area contributed by atoms with Crippen LogP contribution in [0.4, 0.5) is 11.4 Å². The lowest BCUT2D eigenvalue weighted by molar-refractivity contribution is -0.907. The van der Waals surface area contributed by atoms with Crippen LogP contribution < -0.4 is 9.80 Å². The number of nitrogens with one attached hydrogen (secondary N) is 1. The molecule has 0 aromatic heterocycles. The van der Waals surface area contributed by atoms with E-state index in [0.717, 1.165) is 6.54 Å². The van der Waals surface area contributed by atoms with Gasteiger partial charge in [0.1, 0.15) is 12.6 Å². The summed E-state index contributed by atoms with van der Waals surface area (Å²) in [6, 6.07) is 17.0. The number of piperidine rings is 1. The van der Waals surface area contributed by atoms with Crippen molar-refractivity contribution in [2.45, 2.75) is 35.2 Å². The van der Waals surface area contributed by atoms with Gasteiger partial charge in [0.2, 0.25) is 0 Å². The van der Waals surface area contributed by atoms with Gasteiger partial charge < -0.3 is 14.9 Å². The van der Waals surface area contributed by atoms with Crippen LogP contribution in [0.2, 0.25) is 0 Å². The molecule has 2 heterocycles. The molecule has 0 amide bonds. The van der Waals surface area contributed by atoms with Crippen LogP contribution in [0, 0.1) is 0 Å². The van der Waals surface area contributed by atoms with Crippen molar-refractivity contribution in [1.82, 2.24) is 0 Å². The molecule has 0 aliphatic carbocycles. The zero-order chi connectivity index (χ0) is 16.4. The highest BCUT2D eigenvalue weighted by atomic mass is 32.2. The second kappa shape index (κ2) is 7.18. The molecule has 1 saturated heterocycles. The average molecular weight is 342 g/mol.